The highest BCUT2D eigenvalue weighted by atomic mass is 35.5. The van der Waals surface area contributed by atoms with Gasteiger partial charge >= 0.3 is 0 Å². The number of benzene rings is 1. The minimum Gasteiger partial charge on any atom is -0.483 e. The van der Waals surface area contributed by atoms with Crippen molar-refractivity contribution < 1.29 is 9.90 Å². The molecule has 1 atom stereocenters. The molecule has 0 unspecified atom stereocenters. The Kier molecular flexibility index (Phi) is 7.39. The molecule has 0 fully saturated rings. The Hall–Kier alpha value is -4.55. The lowest BCUT2D eigenvalue weighted by atomic mass is 10.1. The summed E-state index contributed by atoms with van der Waals surface area (Å²) < 4.78 is 3.23. The number of hydrogen-bond acceptors (Lipinski definition) is 8. The van der Waals surface area contributed by atoms with E-state index in [9.17, 15) is 4.79 Å². The normalized spacial score (nSPS) is 13.9. The number of halogens is 2. The second-order valence-corrected chi connectivity index (χ2v) is 9.26. The molecule has 0 radical (unpaired) electrons. The molecule has 1 aliphatic heterocycles. The molecule has 3 N–H and O–H groups in total. The molecule has 0 spiro atoms. The predicted octanol–water partition coefficient (Wildman–Crippen LogP) is 3.86. The monoisotopic (exact) mass is 565 g/mol. The molecule has 1 aliphatic rings. The van der Waals surface area contributed by atoms with Crippen molar-refractivity contribution in [1.82, 2.24) is 39.5 Å². The fourth-order valence-corrected chi connectivity index (χ4v) is 4.77. The number of hydrogen-bond donors (Lipinski definition) is 3. The van der Waals surface area contributed by atoms with Gasteiger partial charge in [-0.1, -0.05) is 28.4 Å². The van der Waals surface area contributed by atoms with Gasteiger partial charge in [-0.2, -0.15) is 0 Å². The van der Waals surface area contributed by atoms with Crippen LogP contribution in [0.3, 0.4) is 0 Å². The molecular formula is C25H21Cl2N9O3. The van der Waals surface area contributed by atoms with Gasteiger partial charge in [-0.3, -0.25) is 14.2 Å². The third-order valence-corrected chi connectivity index (χ3v) is 6.58. The van der Waals surface area contributed by atoms with Crippen LogP contribution < -0.4 is 10.9 Å². The number of nitrogens with one attached hydrogen (secondary N) is 2. The number of carbonyl (C=O) groups is 1. The van der Waals surface area contributed by atoms with E-state index in [1.807, 2.05) is 19.2 Å². The third kappa shape index (κ3) is 5.24. The van der Waals surface area contributed by atoms with Gasteiger partial charge in [0.25, 0.3) is 12.0 Å². The second-order valence-electron chi connectivity index (χ2n) is 8.44. The Morgan fingerprint density at radius 2 is 1.97 bits per heavy atom. The van der Waals surface area contributed by atoms with Crippen LogP contribution in [0.15, 0.2) is 59.8 Å². The number of aromatic amines is 1. The zero-order chi connectivity index (χ0) is 27.5. The van der Waals surface area contributed by atoms with Crippen LogP contribution >= 0.6 is 23.2 Å². The molecule has 39 heavy (non-hydrogen) atoms. The summed E-state index contributed by atoms with van der Waals surface area (Å²) in [7, 11) is 1.82. The van der Waals surface area contributed by atoms with Crippen LogP contribution in [-0.4, -0.2) is 58.1 Å². The molecule has 1 aromatic carbocycles. The first-order valence-corrected chi connectivity index (χ1v) is 12.4. The highest BCUT2D eigenvalue weighted by Crippen LogP contribution is 2.32. The molecule has 0 saturated heterocycles. The summed E-state index contributed by atoms with van der Waals surface area (Å²) >= 11 is 12.3. The highest BCUT2D eigenvalue weighted by molar-refractivity contribution is 6.31. The van der Waals surface area contributed by atoms with E-state index in [0.29, 0.717) is 46.5 Å². The summed E-state index contributed by atoms with van der Waals surface area (Å²) in [5.74, 6) is 2.17. The van der Waals surface area contributed by atoms with E-state index in [0.717, 1.165) is 17.1 Å². The summed E-state index contributed by atoms with van der Waals surface area (Å²) in [5.41, 5.74) is 3.41. The Labute approximate surface area is 231 Å². The third-order valence-electron chi connectivity index (χ3n) is 6.17. The number of H-pyrrole nitrogens is 1. The maximum absolute atomic E-state index is 13.3. The first-order valence-electron chi connectivity index (χ1n) is 11.7. The van der Waals surface area contributed by atoms with Gasteiger partial charge < -0.3 is 15.4 Å². The molecule has 12 nitrogen and oxygen atoms in total. The van der Waals surface area contributed by atoms with Crippen LogP contribution in [0.25, 0.3) is 28.2 Å². The van der Waals surface area contributed by atoms with Crippen LogP contribution in [0.2, 0.25) is 10.2 Å². The maximum Gasteiger partial charge on any atom is 0.290 e. The number of pyridine rings is 1. The van der Waals surface area contributed by atoms with Gasteiger partial charge in [0, 0.05) is 41.9 Å². The number of imidazole rings is 1. The number of aryl methyl sites for hydroxylation is 1. The second kappa shape index (κ2) is 11.1. The zero-order valence-corrected chi connectivity index (χ0v) is 21.9. The van der Waals surface area contributed by atoms with Crippen LogP contribution in [0.1, 0.15) is 24.1 Å². The van der Waals surface area contributed by atoms with Gasteiger partial charge in [0.15, 0.2) is 5.15 Å². The number of fused-ring (bicyclic) bond motifs is 1. The van der Waals surface area contributed by atoms with Crippen LogP contribution in [-0.2, 0) is 11.2 Å². The van der Waals surface area contributed by atoms with Gasteiger partial charge in [0.05, 0.1) is 35.5 Å². The fourth-order valence-electron chi connectivity index (χ4n) is 4.47. The Morgan fingerprint density at radius 1 is 1.15 bits per heavy atom. The van der Waals surface area contributed by atoms with E-state index in [-0.39, 0.29) is 23.2 Å². The molecule has 5 heterocycles. The van der Waals surface area contributed by atoms with E-state index < -0.39 is 0 Å². The van der Waals surface area contributed by atoms with Crippen molar-refractivity contribution in [3.8, 4) is 28.2 Å². The van der Waals surface area contributed by atoms with Gasteiger partial charge in [0.2, 0.25) is 0 Å². The van der Waals surface area contributed by atoms with Crippen LogP contribution in [0.4, 0.5) is 5.82 Å². The van der Waals surface area contributed by atoms with Gasteiger partial charge in [-0.25, -0.2) is 19.6 Å². The van der Waals surface area contributed by atoms with E-state index in [1.54, 1.807) is 41.4 Å². The van der Waals surface area contributed by atoms with Crippen molar-refractivity contribution in [3.05, 3.63) is 87.2 Å². The summed E-state index contributed by atoms with van der Waals surface area (Å²) in [6.07, 6.45) is 6.46. The number of rotatable bonds is 5. The SMILES string of the molecule is CNc1ccc(-c2cnc([C@@H]3CCc4nc(-c5cc(Cl)ccc5-n5cc(Cl)nn5)cc(=O)n43)[nH]2)cn1.O=CO. The van der Waals surface area contributed by atoms with Gasteiger partial charge in [0.1, 0.15) is 17.5 Å². The van der Waals surface area contributed by atoms with Crippen molar-refractivity contribution >= 4 is 35.5 Å². The largest absolute Gasteiger partial charge is 0.483 e. The first kappa shape index (κ1) is 26.1. The van der Waals surface area contributed by atoms with Crippen molar-refractivity contribution in [2.45, 2.75) is 18.9 Å². The zero-order valence-electron chi connectivity index (χ0n) is 20.4. The van der Waals surface area contributed by atoms with Crippen molar-refractivity contribution in [3.63, 3.8) is 0 Å². The van der Waals surface area contributed by atoms with Crippen LogP contribution in [0, 0.1) is 0 Å². The van der Waals surface area contributed by atoms with E-state index in [1.165, 1.54) is 10.7 Å². The number of carboxylic acid groups (broad SMARTS) is 1. The van der Waals surface area contributed by atoms with E-state index >= 15 is 0 Å². The average molecular weight is 566 g/mol. The Balaban J connectivity index is 0.000000983. The van der Waals surface area contributed by atoms with E-state index in [4.69, 9.17) is 38.1 Å². The molecule has 0 amide bonds. The molecule has 0 bridgehead atoms. The number of anilines is 1. The predicted molar refractivity (Wildman–Crippen MR) is 145 cm³/mol. The minimum absolute atomic E-state index is 0.168. The standard InChI is InChI=1S/C24H19Cl2N9O.CH2O2/c1-27-21-6-2-13(10-28-21)17-11-29-24(31-17)19-5-7-22-30-16(9-23(36)35(19)22)15-8-14(25)3-4-18(15)34-12-20(26)32-33-34;2-1-3/h2-4,6,8-12,19H,5,7H2,1H3,(H,27,28)(H,29,31);1H,(H,2,3)/t19-;/m0./s1. The molecule has 0 aliphatic carbocycles. The molecule has 6 rings (SSSR count). The Morgan fingerprint density at radius 3 is 2.67 bits per heavy atom. The quantitative estimate of drug-likeness (QED) is 0.269. The molecule has 5 aromatic rings. The van der Waals surface area contributed by atoms with Crippen molar-refractivity contribution in [2.24, 2.45) is 0 Å². The first-order chi connectivity index (χ1) is 18.9. The Bertz CT molecular complexity index is 1700. The summed E-state index contributed by atoms with van der Waals surface area (Å²) in [5, 5.41) is 18.6. The van der Waals surface area contributed by atoms with E-state index in [2.05, 4.69) is 30.6 Å². The number of aromatic nitrogens is 8. The minimum atomic E-state index is -0.250. The number of nitrogens with zero attached hydrogens (tertiary/aromatic N) is 7. The van der Waals surface area contributed by atoms with Crippen LogP contribution in [0.5, 0.6) is 0 Å². The summed E-state index contributed by atoms with van der Waals surface area (Å²) in [4.78, 5) is 38.8. The van der Waals surface area contributed by atoms with Gasteiger partial charge in [-0.15, -0.1) is 5.10 Å². The molecule has 4 aromatic heterocycles. The summed E-state index contributed by atoms with van der Waals surface area (Å²) in [6.45, 7) is -0.250. The lowest BCUT2D eigenvalue weighted by molar-refractivity contribution is -0.122. The topological polar surface area (TPSA) is 156 Å². The molecule has 198 valence electrons. The van der Waals surface area contributed by atoms with Crippen molar-refractivity contribution in [1.29, 1.82) is 0 Å². The summed E-state index contributed by atoms with van der Waals surface area (Å²) in [6, 6.07) is 10.4. The fraction of sp³-hybridized carbons (Fsp3) is 0.160. The average Bonchev–Trinajstić information content (AvgIpc) is 3.69. The highest BCUT2D eigenvalue weighted by Gasteiger charge is 2.29. The smallest absolute Gasteiger partial charge is 0.290 e. The maximum atomic E-state index is 13.3. The lowest BCUT2D eigenvalue weighted by Gasteiger charge is -2.14. The molecule has 14 heteroatoms. The molecule has 0 saturated carbocycles. The van der Waals surface area contributed by atoms with Crippen molar-refractivity contribution in [2.75, 3.05) is 12.4 Å². The lowest BCUT2D eigenvalue weighted by Crippen LogP contribution is -2.25. The van der Waals surface area contributed by atoms with Gasteiger partial charge in [-0.05, 0) is 36.8 Å². The molecular weight excluding hydrogens is 545 g/mol.